The first-order valence-corrected chi connectivity index (χ1v) is 15.6. The van der Waals surface area contributed by atoms with Crippen molar-refractivity contribution in [3.63, 3.8) is 0 Å². The number of thioether (sulfide) groups is 1. The number of halogens is 6. The molecule has 1 N–H and O–H groups in total. The van der Waals surface area contributed by atoms with Crippen molar-refractivity contribution in [2.24, 2.45) is 0 Å². The Bertz CT molecular complexity index is 901. The molecule has 2 heterocycles. The Labute approximate surface area is 234 Å². The number of fused-ring (bicyclic) bond motifs is 1. The zero-order valence-electron chi connectivity index (χ0n) is 18.5. The first-order chi connectivity index (χ1) is 15.6. The summed E-state index contributed by atoms with van der Waals surface area (Å²) in [4.78, 5) is 28.4. The predicted octanol–water partition coefficient (Wildman–Crippen LogP) is 5.33. The molecule has 2 fully saturated rings. The van der Waals surface area contributed by atoms with Gasteiger partial charge in [-0.25, -0.2) is 0 Å². The average Bonchev–Trinajstić information content (AvgIpc) is 2.89. The molecule has 1 amide bonds. The Morgan fingerprint density at radius 3 is 2.18 bits per heavy atom. The van der Waals surface area contributed by atoms with Gasteiger partial charge in [0.2, 0.25) is 0 Å². The van der Waals surface area contributed by atoms with Crippen LogP contribution in [-0.2, 0) is 25.7 Å². The summed E-state index contributed by atoms with van der Waals surface area (Å²) in [5.41, 5.74) is -0.779. The maximum atomic E-state index is 13.8. The summed E-state index contributed by atoms with van der Waals surface area (Å²) in [6.07, 6.45) is -0.600. The van der Waals surface area contributed by atoms with E-state index in [2.05, 4.69) is 5.09 Å². The summed E-state index contributed by atoms with van der Waals surface area (Å²) in [5.74, 6) is -0.976. The second kappa shape index (κ2) is 10.8. The van der Waals surface area contributed by atoms with Crippen molar-refractivity contribution >= 4 is 101 Å². The van der Waals surface area contributed by atoms with Gasteiger partial charge in [0.25, 0.3) is 0 Å². The van der Waals surface area contributed by atoms with E-state index >= 15 is 0 Å². The van der Waals surface area contributed by atoms with Gasteiger partial charge in [-0.05, 0) is 0 Å². The maximum absolute atomic E-state index is 13.8. The SMILES string of the molecule is CO[C@@H]1C(=O)N2[C@@H]1SC(C)(C)[C@]2(N[PH2](CC(Cl)(Cl)Cl)CC(Cl)(Cl)Cl)C(=O)OCc1ccccc1. The van der Waals surface area contributed by atoms with Crippen LogP contribution < -0.4 is 5.09 Å². The number of esters is 1. The molecule has 1 aromatic carbocycles. The quantitative estimate of drug-likeness (QED) is 0.181. The third-order valence-corrected chi connectivity index (χ3v) is 12.9. The number of hydrogen-bond acceptors (Lipinski definition) is 6. The molecule has 1 aromatic rings. The van der Waals surface area contributed by atoms with E-state index in [1.54, 1.807) is 0 Å². The van der Waals surface area contributed by atoms with E-state index < -0.39 is 43.5 Å². The summed E-state index contributed by atoms with van der Waals surface area (Å²) in [5, 5.41) is 2.96. The van der Waals surface area contributed by atoms with Crippen LogP contribution in [0.3, 0.4) is 0 Å². The molecule has 3 atom stereocenters. The fourth-order valence-electron chi connectivity index (χ4n) is 4.31. The molecule has 34 heavy (non-hydrogen) atoms. The van der Waals surface area contributed by atoms with Gasteiger partial charge >= 0.3 is 236 Å². The zero-order chi connectivity index (χ0) is 25.5. The number of hydrogen-bond donors (Lipinski definition) is 1. The van der Waals surface area contributed by atoms with E-state index in [-0.39, 0.29) is 24.8 Å². The van der Waals surface area contributed by atoms with Gasteiger partial charge in [-0.1, -0.05) is 0 Å². The monoisotopic (exact) mass is 630 g/mol. The van der Waals surface area contributed by atoms with E-state index in [0.29, 0.717) is 0 Å². The number of alkyl halides is 6. The van der Waals surface area contributed by atoms with Crippen molar-refractivity contribution in [1.82, 2.24) is 9.99 Å². The van der Waals surface area contributed by atoms with Crippen LogP contribution >= 0.6 is 89.4 Å². The first kappa shape index (κ1) is 29.2. The molecule has 0 unspecified atom stereocenters. The number of nitrogens with one attached hydrogen (secondary N) is 1. The number of rotatable bonds is 8. The molecule has 2 aliphatic heterocycles. The van der Waals surface area contributed by atoms with Crippen LogP contribution in [0.4, 0.5) is 0 Å². The van der Waals surface area contributed by atoms with Gasteiger partial charge in [0, 0.05) is 0 Å². The van der Waals surface area contributed by atoms with E-state index in [4.69, 9.17) is 79.1 Å². The summed E-state index contributed by atoms with van der Waals surface area (Å²) >= 11 is 38.1. The number of β-lactam (4-membered cyclic amide) rings is 1. The molecule has 0 radical (unpaired) electrons. The molecule has 0 saturated carbocycles. The number of carbonyl (C=O) groups is 2. The summed E-state index contributed by atoms with van der Waals surface area (Å²) in [6.45, 7) is 3.72. The topological polar surface area (TPSA) is 67.9 Å². The van der Waals surface area contributed by atoms with Gasteiger partial charge in [-0.15, -0.1) is 0 Å². The van der Waals surface area contributed by atoms with Crippen LogP contribution in [0, 0.1) is 0 Å². The summed E-state index contributed by atoms with van der Waals surface area (Å²) < 4.78 is 6.97. The Morgan fingerprint density at radius 1 is 1.12 bits per heavy atom. The molecular formula is C20H25Cl6N2O4PS. The second-order valence-electron chi connectivity index (χ2n) is 8.64. The van der Waals surface area contributed by atoms with Gasteiger partial charge in [-0.2, -0.15) is 0 Å². The molecule has 0 aliphatic carbocycles. The van der Waals surface area contributed by atoms with Gasteiger partial charge < -0.3 is 0 Å². The summed E-state index contributed by atoms with van der Waals surface area (Å²) in [7, 11) is -1.06. The van der Waals surface area contributed by atoms with Gasteiger partial charge in [0.15, 0.2) is 0 Å². The second-order valence-corrected chi connectivity index (χ2v) is 17.9. The van der Waals surface area contributed by atoms with Crippen molar-refractivity contribution in [3.05, 3.63) is 35.9 Å². The molecule has 192 valence electrons. The van der Waals surface area contributed by atoms with Gasteiger partial charge in [0.05, 0.1) is 0 Å². The third kappa shape index (κ3) is 6.18. The van der Waals surface area contributed by atoms with Gasteiger partial charge in [-0.3, -0.25) is 0 Å². The number of ether oxygens (including phenoxy) is 2. The van der Waals surface area contributed by atoms with Crippen LogP contribution in [0.5, 0.6) is 0 Å². The minimum absolute atomic E-state index is 0.0192. The Kier molecular flexibility index (Phi) is 9.23. The molecular weight excluding hydrogens is 608 g/mol. The number of carbonyl (C=O) groups excluding carboxylic acids is 2. The fourth-order valence-corrected chi connectivity index (χ4v) is 12.2. The van der Waals surface area contributed by atoms with Crippen LogP contribution in [-0.4, -0.2) is 65.7 Å². The molecule has 0 bridgehead atoms. The van der Waals surface area contributed by atoms with E-state index in [9.17, 15) is 9.59 Å². The normalized spacial score (nSPS) is 26.7. The number of methoxy groups -OCH3 is 1. The summed E-state index contributed by atoms with van der Waals surface area (Å²) in [6, 6.07) is 9.22. The first-order valence-electron chi connectivity index (χ1n) is 10.3. The Morgan fingerprint density at radius 2 is 1.68 bits per heavy atom. The minimum atomic E-state index is -2.52. The Hall–Kier alpha value is 0.600. The van der Waals surface area contributed by atoms with E-state index in [1.807, 2.05) is 44.2 Å². The Balaban J connectivity index is 2.00. The van der Waals surface area contributed by atoms with Crippen molar-refractivity contribution in [3.8, 4) is 0 Å². The van der Waals surface area contributed by atoms with Crippen LogP contribution in [0.2, 0.25) is 0 Å². The molecule has 2 aliphatic rings. The van der Waals surface area contributed by atoms with Gasteiger partial charge in [0.1, 0.15) is 0 Å². The molecule has 2 saturated heterocycles. The molecule has 14 heteroatoms. The van der Waals surface area contributed by atoms with Crippen molar-refractivity contribution in [2.45, 2.75) is 49.9 Å². The third-order valence-electron chi connectivity index (χ3n) is 5.77. The van der Waals surface area contributed by atoms with Crippen molar-refractivity contribution < 1.29 is 19.1 Å². The van der Waals surface area contributed by atoms with Crippen molar-refractivity contribution in [1.29, 1.82) is 0 Å². The molecule has 3 rings (SSSR count). The number of amides is 1. The van der Waals surface area contributed by atoms with Crippen LogP contribution in [0.25, 0.3) is 0 Å². The standard InChI is InChI=1S/C20H25Cl6N2O4PS/c1-17(2)20(28-14(29)13(31-3)15(28)34-17,16(30)32-9-12-7-5-4-6-8-12)27-33(10-18(21,22)23)11-19(24,25)26/h4-8,13,15,27H,9-11,33H2,1-3H3/t13-,15-,20+/m1/s1. The van der Waals surface area contributed by atoms with Crippen LogP contribution in [0.15, 0.2) is 30.3 Å². The van der Waals surface area contributed by atoms with Crippen LogP contribution in [0.1, 0.15) is 19.4 Å². The zero-order valence-corrected chi connectivity index (χ0v) is 25.0. The number of nitrogens with zero attached hydrogens (tertiary/aromatic N) is 1. The molecule has 0 aromatic heterocycles. The average molecular weight is 633 g/mol. The fraction of sp³-hybridized carbons (Fsp3) is 0.600. The van der Waals surface area contributed by atoms with E-state index in [0.717, 1.165) is 5.56 Å². The predicted molar refractivity (Wildman–Crippen MR) is 145 cm³/mol. The molecule has 6 nitrogen and oxygen atoms in total. The molecule has 0 spiro atoms. The number of benzene rings is 1. The van der Waals surface area contributed by atoms with Crippen molar-refractivity contribution in [2.75, 3.05) is 19.4 Å². The van der Waals surface area contributed by atoms with E-state index in [1.165, 1.54) is 23.8 Å².